The van der Waals surface area contributed by atoms with E-state index in [1.54, 1.807) is 0 Å². The monoisotopic (exact) mass is 204 g/mol. The molecule has 0 aliphatic rings. The second-order valence-electron chi connectivity index (χ2n) is 3.58. The van der Waals surface area contributed by atoms with Gasteiger partial charge in [0.2, 0.25) is 0 Å². The molecule has 0 fully saturated rings. The Morgan fingerprint density at radius 3 is 2.73 bits per heavy atom. The van der Waals surface area contributed by atoms with Gasteiger partial charge in [-0.15, -0.1) is 0 Å². The molecule has 0 radical (unpaired) electrons. The van der Waals surface area contributed by atoms with Crippen molar-refractivity contribution in [3.05, 3.63) is 39.7 Å². The normalized spacial score (nSPS) is 10.8. The molecule has 0 aliphatic heterocycles. The summed E-state index contributed by atoms with van der Waals surface area (Å²) in [5.74, 6) is -0.0213. The fraction of sp³-hybridized carbons (Fsp3) is 0.250. The number of aryl methyl sites for hydroxylation is 2. The van der Waals surface area contributed by atoms with Crippen molar-refractivity contribution in [3.8, 4) is 5.75 Å². The van der Waals surface area contributed by atoms with Gasteiger partial charge in [0.1, 0.15) is 11.3 Å². The highest BCUT2D eigenvalue weighted by atomic mass is 16.4. The van der Waals surface area contributed by atoms with E-state index >= 15 is 0 Å². The van der Waals surface area contributed by atoms with Gasteiger partial charge in [-0.1, -0.05) is 6.92 Å². The summed E-state index contributed by atoms with van der Waals surface area (Å²) in [6.45, 7) is 4.01. The second kappa shape index (κ2) is 3.42. The second-order valence-corrected chi connectivity index (χ2v) is 3.58. The van der Waals surface area contributed by atoms with Gasteiger partial charge in [-0.25, -0.2) is 4.79 Å². The van der Waals surface area contributed by atoms with Gasteiger partial charge in [0.25, 0.3) is 0 Å². The van der Waals surface area contributed by atoms with E-state index in [4.69, 9.17) is 4.42 Å². The van der Waals surface area contributed by atoms with E-state index in [-0.39, 0.29) is 5.75 Å². The summed E-state index contributed by atoms with van der Waals surface area (Å²) in [6.07, 6.45) is 0.876. The van der Waals surface area contributed by atoms with E-state index in [0.29, 0.717) is 11.0 Å². The van der Waals surface area contributed by atoms with Crippen LogP contribution in [0.1, 0.15) is 18.1 Å². The molecule has 3 nitrogen and oxygen atoms in total. The number of benzene rings is 1. The molecule has 0 aliphatic carbocycles. The summed E-state index contributed by atoms with van der Waals surface area (Å²) in [5, 5.41) is 10.2. The van der Waals surface area contributed by atoms with E-state index in [1.807, 2.05) is 26.0 Å². The van der Waals surface area contributed by atoms with Crippen LogP contribution in [0.25, 0.3) is 11.0 Å². The molecule has 0 amide bonds. The molecule has 0 bridgehead atoms. The van der Waals surface area contributed by atoms with Crippen LogP contribution in [0.15, 0.2) is 27.4 Å². The lowest BCUT2D eigenvalue weighted by molar-refractivity contribution is 0.468. The Kier molecular flexibility index (Phi) is 2.23. The molecule has 0 saturated heterocycles. The highest BCUT2D eigenvalue weighted by molar-refractivity contribution is 5.84. The molecule has 1 heterocycles. The van der Waals surface area contributed by atoms with Crippen LogP contribution in [0.4, 0.5) is 0 Å². The SMILES string of the molecule is CCc1cc2oc(=O)cc(O)c2cc1C. The average molecular weight is 204 g/mol. The molecule has 0 spiro atoms. The zero-order chi connectivity index (χ0) is 11.0. The Labute approximate surface area is 87.0 Å². The maximum Gasteiger partial charge on any atom is 0.339 e. The van der Waals surface area contributed by atoms with Gasteiger partial charge < -0.3 is 9.52 Å². The van der Waals surface area contributed by atoms with Gasteiger partial charge in [-0.05, 0) is 36.6 Å². The first-order chi connectivity index (χ1) is 7.11. The fourth-order valence-corrected chi connectivity index (χ4v) is 1.72. The topological polar surface area (TPSA) is 50.4 Å². The van der Waals surface area contributed by atoms with Crippen LogP contribution in [0, 0.1) is 6.92 Å². The van der Waals surface area contributed by atoms with Gasteiger partial charge in [0.15, 0.2) is 0 Å². The van der Waals surface area contributed by atoms with Gasteiger partial charge in [-0.3, -0.25) is 0 Å². The lowest BCUT2D eigenvalue weighted by Crippen LogP contribution is -1.97. The molecule has 15 heavy (non-hydrogen) atoms. The molecule has 2 rings (SSSR count). The maximum absolute atomic E-state index is 11.1. The predicted octanol–water partition coefficient (Wildman–Crippen LogP) is 2.37. The first kappa shape index (κ1) is 9.77. The Morgan fingerprint density at radius 1 is 1.33 bits per heavy atom. The van der Waals surface area contributed by atoms with Crippen molar-refractivity contribution < 1.29 is 9.52 Å². The van der Waals surface area contributed by atoms with Gasteiger partial charge >= 0.3 is 5.63 Å². The third-order valence-electron chi connectivity index (χ3n) is 2.56. The molecule has 0 atom stereocenters. The van der Waals surface area contributed by atoms with E-state index < -0.39 is 5.63 Å². The highest BCUT2D eigenvalue weighted by Crippen LogP contribution is 2.25. The molecule has 1 N–H and O–H groups in total. The van der Waals surface area contributed by atoms with Crippen molar-refractivity contribution in [2.45, 2.75) is 20.3 Å². The number of rotatable bonds is 1. The first-order valence-corrected chi connectivity index (χ1v) is 4.88. The van der Waals surface area contributed by atoms with Crippen LogP contribution in [0.2, 0.25) is 0 Å². The van der Waals surface area contributed by atoms with Gasteiger partial charge in [-0.2, -0.15) is 0 Å². The van der Waals surface area contributed by atoms with Crippen LogP contribution >= 0.6 is 0 Å². The van der Waals surface area contributed by atoms with Crippen molar-refractivity contribution in [1.29, 1.82) is 0 Å². The third-order valence-corrected chi connectivity index (χ3v) is 2.56. The lowest BCUT2D eigenvalue weighted by atomic mass is 10.0. The largest absolute Gasteiger partial charge is 0.507 e. The van der Waals surface area contributed by atoms with E-state index in [0.717, 1.165) is 23.6 Å². The minimum Gasteiger partial charge on any atom is -0.507 e. The Morgan fingerprint density at radius 2 is 2.07 bits per heavy atom. The van der Waals surface area contributed by atoms with Crippen molar-refractivity contribution in [2.24, 2.45) is 0 Å². The van der Waals surface area contributed by atoms with Crippen LogP contribution < -0.4 is 5.63 Å². The number of hydrogen-bond acceptors (Lipinski definition) is 3. The standard InChI is InChI=1S/C12H12O3/c1-3-8-5-11-9(4-7(8)2)10(13)6-12(14)15-11/h4-6,13H,3H2,1-2H3. The van der Waals surface area contributed by atoms with Crippen molar-refractivity contribution in [2.75, 3.05) is 0 Å². The maximum atomic E-state index is 11.1. The highest BCUT2D eigenvalue weighted by Gasteiger charge is 2.07. The third kappa shape index (κ3) is 1.61. The molecule has 1 aromatic heterocycles. The summed E-state index contributed by atoms with van der Waals surface area (Å²) in [5.41, 5.74) is 2.14. The number of hydrogen-bond donors (Lipinski definition) is 1. The molecular weight excluding hydrogens is 192 g/mol. The Bertz CT molecular complexity index is 567. The molecule has 1 aromatic carbocycles. The first-order valence-electron chi connectivity index (χ1n) is 4.88. The van der Waals surface area contributed by atoms with Gasteiger partial charge in [0.05, 0.1) is 11.5 Å². The summed E-state index contributed by atoms with van der Waals surface area (Å²) < 4.78 is 5.02. The molecule has 0 saturated carbocycles. The van der Waals surface area contributed by atoms with E-state index in [2.05, 4.69) is 0 Å². The van der Waals surface area contributed by atoms with E-state index in [9.17, 15) is 9.90 Å². The molecular formula is C12H12O3. The minimum absolute atomic E-state index is 0.0213. The zero-order valence-electron chi connectivity index (χ0n) is 8.70. The van der Waals surface area contributed by atoms with Crippen LogP contribution in [0.3, 0.4) is 0 Å². The minimum atomic E-state index is -0.522. The van der Waals surface area contributed by atoms with Crippen LogP contribution in [-0.4, -0.2) is 5.11 Å². The molecule has 0 unspecified atom stereocenters. The van der Waals surface area contributed by atoms with E-state index in [1.165, 1.54) is 0 Å². The molecule has 78 valence electrons. The summed E-state index contributed by atoms with van der Waals surface area (Å²) >= 11 is 0. The van der Waals surface area contributed by atoms with Crippen LogP contribution in [-0.2, 0) is 6.42 Å². The van der Waals surface area contributed by atoms with Crippen molar-refractivity contribution in [3.63, 3.8) is 0 Å². The summed E-state index contributed by atoms with van der Waals surface area (Å²) in [4.78, 5) is 11.1. The zero-order valence-corrected chi connectivity index (χ0v) is 8.70. The van der Waals surface area contributed by atoms with Crippen molar-refractivity contribution in [1.82, 2.24) is 0 Å². The average Bonchev–Trinajstić information content (AvgIpc) is 2.18. The Balaban J connectivity index is 2.87. The smallest absolute Gasteiger partial charge is 0.339 e. The summed E-state index contributed by atoms with van der Waals surface area (Å²) in [7, 11) is 0. The Hall–Kier alpha value is -1.77. The van der Waals surface area contributed by atoms with Crippen LogP contribution in [0.5, 0.6) is 5.75 Å². The fourth-order valence-electron chi connectivity index (χ4n) is 1.72. The molecule has 3 heteroatoms. The van der Waals surface area contributed by atoms with Crippen molar-refractivity contribution >= 4 is 11.0 Å². The number of fused-ring (bicyclic) bond motifs is 1. The number of aromatic hydroxyl groups is 1. The predicted molar refractivity (Wildman–Crippen MR) is 58.3 cm³/mol. The summed E-state index contributed by atoms with van der Waals surface area (Å²) in [6, 6.07) is 4.74. The van der Waals surface area contributed by atoms with Gasteiger partial charge in [0, 0.05) is 0 Å². The quantitative estimate of drug-likeness (QED) is 0.725. The molecule has 2 aromatic rings. The lowest BCUT2D eigenvalue weighted by Gasteiger charge is -2.05.